The minimum atomic E-state index is -0.183. The van der Waals surface area contributed by atoms with Gasteiger partial charge in [0.05, 0.1) is 23.3 Å². The lowest BCUT2D eigenvalue weighted by Gasteiger charge is -2.41. The van der Waals surface area contributed by atoms with Gasteiger partial charge in [-0.05, 0) is 59.0 Å². The van der Waals surface area contributed by atoms with E-state index in [0.29, 0.717) is 11.4 Å². The number of hydrogen-bond acceptors (Lipinski definition) is 5. The zero-order valence-electron chi connectivity index (χ0n) is 20.9. The minimum absolute atomic E-state index is 0.0821. The molecule has 0 saturated carbocycles. The second-order valence-electron chi connectivity index (χ2n) is 10.2. The van der Waals surface area contributed by atoms with Gasteiger partial charge in [-0.15, -0.1) is 0 Å². The first-order valence-electron chi connectivity index (χ1n) is 12.3. The first kappa shape index (κ1) is 22.2. The second-order valence-corrected chi connectivity index (χ2v) is 10.2. The van der Waals surface area contributed by atoms with E-state index in [1.165, 1.54) is 22.9 Å². The second kappa shape index (κ2) is 8.16. The molecule has 0 saturated heterocycles. The summed E-state index contributed by atoms with van der Waals surface area (Å²) in [5.41, 5.74) is 8.12. The van der Waals surface area contributed by atoms with E-state index in [1.807, 2.05) is 18.3 Å². The summed E-state index contributed by atoms with van der Waals surface area (Å²) in [7, 11) is 0. The lowest BCUT2D eigenvalue weighted by molar-refractivity contribution is 0.478. The molecule has 0 amide bonds. The first-order chi connectivity index (χ1) is 17.3. The number of pyridine rings is 3. The Kier molecular flexibility index (Phi) is 5.04. The van der Waals surface area contributed by atoms with Crippen molar-refractivity contribution in [2.75, 3.05) is 4.90 Å². The minimum Gasteiger partial charge on any atom is -0.504 e. The van der Waals surface area contributed by atoms with Gasteiger partial charge < -0.3 is 5.11 Å². The van der Waals surface area contributed by atoms with Crippen molar-refractivity contribution in [1.82, 2.24) is 15.0 Å². The molecule has 0 radical (unpaired) electrons. The number of aromatic hydroxyl groups is 1. The van der Waals surface area contributed by atoms with Crippen molar-refractivity contribution in [2.24, 2.45) is 0 Å². The molecule has 36 heavy (non-hydrogen) atoms. The number of anilines is 3. The van der Waals surface area contributed by atoms with Gasteiger partial charge in [0.15, 0.2) is 5.75 Å². The number of para-hydroxylation sites is 1. The molecular weight excluding hydrogens is 444 g/mol. The Morgan fingerprint density at radius 3 is 2.50 bits per heavy atom. The van der Waals surface area contributed by atoms with Crippen LogP contribution in [0.3, 0.4) is 0 Å². The molecule has 2 aromatic carbocycles. The third kappa shape index (κ3) is 3.42. The molecule has 0 unspecified atom stereocenters. The Labute approximate surface area is 211 Å². The summed E-state index contributed by atoms with van der Waals surface area (Å²) < 4.78 is 0. The Morgan fingerprint density at radius 2 is 1.67 bits per heavy atom. The molecule has 1 N–H and O–H groups in total. The first-order valence-corrected chi connectivity index (χ1v) is 12.3. The molecule has 0 aliphatic carbocycles. The van der Waals surface area contributed by atoms with Crippen LogP contribution in [-0.2, 0) is 5.41 Å². The van der Waals surface area contributed by atoms with Gasteiger partial charge in [0.1, 0.15) is 11.3 Å². The normalized spacial score (nSPS) is 14.1. The highest BCUT2D eigenvalue weighted by Crippen LogP contribution is 2.52. The molecule has 0 spiro atoms. The van der Waals surface area contributed by atoms with Gasteiger partial charge in [-0.1, -0.05) is 58.0 Å². The predicted molar refractivity (Wildman–Crippen MR) is 145 cm³/mol. The van der Waals surface area contributed by atoms with Crippen molar-refractivity contribution in [2.45, 2.75) is 39.0 Å². The summed E-state index contributed by atoms with van der Waals surface area (Å²) in [6, 6.07) is 23.3. The molecule has 178 valence electrons. The number of rotatable bonds is 3. The van der Waals surface area contributed by atoms with Gasteiger partial charge in [0.2, 0.25) is 0 Å². The molecule has 6 rings (SSSR count). The van der Waals surface area contributed by atoms with Gasteiger partial charge in [0.25, 0.3) is 0 Å². The highest BCUT2D eigenvalue weighted by Gasteiger charge is 2.37. The Balaban J connectivity index is 1.59. The maximum atomic E-state index is 10.3. The van der Waals surface area contributed by atoms with Gasteiger partial charge in [0, 0.05) is 28.8 Å². The lowest BCUT2D eigenvalue weighted by Crippen LogP contribution is -2.31. The lowest BCUT2D eigenvalue weighted by atomic mass is 9.73. The molecule has 5 heteroatoms. The molecule has 0 atom stereocenters. The number of hydrogen-bond donors (Lipinski definition) is 1. The van der Waals surface area contributed by atoms with E-state index in [1.54, 1.807) is 6.20 Å². The fourth-order valence-electron chi connectivity index (χ4n) is 5.23. The molecule has 0 fully saturated rings. The molecule has 5 nitrogen and oxygen atoms in total. The smallest absolute Gasteiger partial charge is 0.160 e. The van der Waals surface area contributed by atoms with Gasteiger partial charge in [-0.25, -0.2) is 9.97 Å². The number of fused-ring (bicyclic) bond motifs is 3. The summed E-state index contributed by atoms with van der Waals surface area (Å²) >= 11 is 0. The highest BCUT2D eigenvalue weighted by molar-refractivity contribution is 5.89. The Hall–Kier alpha value is -4.25. The Bertz CT molecular complexity index is 1620. The Morgan fingerprint density at radius 1 is 0.861 bits per heavy atom. The SMILES string of the molecule is CC(C)c1ccnc(N2c3ccccc3C(C)(C)c3ccc(-c4ccc5cncc(O)c5n4)cc32)c1. The maximum Gasteiger partial charge on any atom is 0.160 e. The highest BCUT2D eigenvalue weighted by atomic mass is 16.3. The van der Waals surface area contributed by atoms with Gasteiger partial charge in [-0.2, -0.15) is 0 Å². The summed E-state index contributed by atoms with van der Waals surface area (Å²) in [5.74, 6) is 1.38. The zero-order chi connectivity index (χ0) is 25.0. The standard InChI is InChI=1S/C31H28N4O/c1-19(2)20-13-14-33-29(16-20)35-26-8-6-5-7-23(26)31(3,4)24-11-9-21(15-27(24)35)25-12-10-22-17-32-18-28(36)30(22)34-25/h5-19,36H,1-4H3. The quantitative estimate of drug-likeness (QED) is 0.292. The van der Waals surface area contributed by atoms with Gasteiger partial charge in [-0.3, -0.25) is 9.88 Å². The summed E-state index contributed by atoms with van der Waals surface area (Å²) in [6.45, 7) is 8.96. The fourth-order valence-corrected chi connectivity index (χ4v) is 5.23. The van der Waals surface area contributed by atoms with Crippen LogP contribution < -0.4 is 4.90 Å². The molecule has 1 aliphatic heterocycles. The van der Waals surface area contributed by atoms with Crippen LogP contribution in [0.25, 0.3) is 22.2 Å². The van der Waals surface area contributed by atoms with Crippen molar-refractivity contribution < 1.29 is 5.11 Å². The topological polar surface area (TPSA) is 62.1 Å². The third-order valence-corrected chi connectivity index (χ3v) is 7.27. The average Bonchev–Trinajstić information content (AvgIpc) is 2.89. The van der Waals surface area contributed by atoms with Crippen LogP contribution in [0, 0.1) is 0 Å². The largest absolute Gasteiger partial charge is 0.504 e. The zero-order valence-corrected chi connectivity index (χ0v) is 20.9. The fraction of sp³-hybridized carbons (Fsp3) is 0.194. The van der Waals surface area contributed by atoms with E-state index >= 15 is 0 Å². The van der Waals surface area contributed by atoms with Gasteiger partial charge >= 0.3 is 0 Å². The van der Waals surface area contributed by atoms with E-state index < -0.39 is 0 Å². The van der Waals surface area contributed by atoms with Crippen LogP contribution in [0.2, 0.25) is 0 Å². The van der Waals surface area contributed by atoms with Crippen molar-refractivity contribution >= 4 is 28.1 Å². The van der Waals surface area contributed by atoms with Crippen LogP contribution >= 0.6 is 0 Å². The van der Waals surface area contributed by atoms with Crippen molar-refractivity contribution in [3.05, 3.63) is 102 Å². The van der Waals surface area contributed by atoms with E-state index in [9.17, 15) is 5.11 Å². The van der Waals surface area contributed by atoms with Crippen LogP contribution in [0.15, 0.2) is 85.3 Å². The molecule has 0 bridgehead atoms. The van der Waals surface area contributed by atoms with Crippen LogP contribution in [0.5, 0.6) is 5.75 Å². The number of nitrogens with zero attached hydrogens (tertiary/aromatic N) is 4. The summed E-state index contributed by atoms with van der Waals surface area (Å²) in [5, 5.41) is 11.1. The molecular formula is C31H28N4O. The van der Waals surface area contributed by atoms with E-state index in [4.69, 9.17) is 9.97 Å². The van der Waals surface area contributed by atoms with Crippen molar-refractivity contribution in [3.8, 4) is 17.0 Å². The van der Waals surface area contributed by atoms with Crippen LogP contribution in [-0.4, -0.2) is 20.1 Å². The molecule has 4 heterocycles. The number of aromatic nitrogens is 3. The van der Waals surface area contributed by atoms with Crippen LogP contribution in [0.1, 0.15) is 50.3 Å². The average molecular weight is 473 g/mol. The summed E-state index contributed by atoms with van der Waals surface area (Å²) in [6.07, 6.45) is 5.05. The number of benzene rings is 2. The monoisotopic (exact) mass is 472 g/mol. The maximum absolute atomic E-state index is 10.3. The van der Waals surface area contributed by atoms with E-state index in [0.717, 1.165) is 33.8 Å². The predicted octanol–water partition coefficient (Wildman–Crippen LogP) is 7.63. The third-order valence-electron chi connectivity index (χ3n) is 7.27. The van der Waals surface area contributed by atoms with Crippen molar-refractivity contribution in [3.63, 3.8) is 0 Å². The molecule has 5 aromatic rings. The van der Waals surface area contributed by atoms with Crippen LogP contribution in [0.4, 0.5) is 17.2 Å². The van der Waals surface area contributed by atoms with Crippen molar-refractivity contribution in [1.29, 1.82) is 0 Å². The molecule has 1 aliphatic rings. The van der Waals surface area contributed by atoms with E-state index in [2.05, 4.69) is 92.2 Å². The van der Waals surface area contributed by atoms with E-state index in [-0.39, 0.29) is 11.2 Å². The summed E-state index contributed by atoms with van der Waals surface area (Å²) in [4.78, 5) is 15.9. The molecule has 3 aromatic heterocycles.